The number of hydrogen-bond acceptors (Lipinski definition) is 6. The number of para-hydroxylation sites is 2. The molecule has 3 amide bonds. The molecule has 0 saturated carbocycles. The van der Waals surface area contributed by atoms with E-state index in [-0.39, 0.29) is 23.6 Å². The van der Waals surface area contributed by atoms with E-state index in [1.165, 1.54) is 19.1 Å². The Morgan fingerprint density at radius 1 is 0.850 bits per heavy atom. The average Bonchev–Trinajstić information content (AvgIpc) is 3.17. The fourth-order valence-corrected chi connectivity index (χ4v) is 5.05. The van der Waals surface area contributed by atoms with Crippen LogP contribution in [-0.2, 0) is 6.54 Å². The van der Waals surface area contributed by atoms with Crippen molar-refractivity contribution in [2.24, 2.45) is 0 Å². The van der Waals surface area contributed by atoms with E-state index < -0.39 is 11.8 Å². The van der Waals surface area contributed by atoms with Gasteiger partial charge in [0.05, 0.1) is 43.3 Å². The number of methoxy groups -OCH3 is 2. The van der Waals surface area contributed by atoms with Crippen LogP contribution >= 0.6 is 0 Å². The molecule has 202 valence electrons. The molecule has 40 heavy (non-hydrogen) atoms. The highest BCUT2D eigenvalue weighted by atomic mass is 16.5. The number of ether oxygens (including phenoxy) is 2. The highest BCUT2D eigenvalue weighted by Gasteiger charge is 2.40. The summed E-state index contributed by atoms with van der Waals surface area (Å²) in [7, 11) is 3.01. The van der Waals surface area contributed by atoms with Gasteiger partial charge < -0.3 is 20.5 Å². The van der Waals surface area contributed by atoms with E-state index in [1.54, 1.807) is 54.6 Å². The van der Waals surface area contributed by atoms with Crippen LogP contribution in [0, 0.1) is 13.8 Å². The number of nitrogens with one attached hydrogen (secondary N) is 1. The smallest absolute Gasteiger partial charge is 0.262 e. The van der Waals surface area contributed by atoms with E-state index in [2.05, 4.69) is 5.32 Å². The topological polar surface area (TPSA) is 111 Å². The normalized spacial score (nSPS) is 12.3. The predicted molar refractivity (Wildman–Crippen MR) is 154 cm³/mol. The summed E-state index contributed by atoms with van der Waals surface area (Å²) in [4.78, 5) is 41.2. The van der Waals surface area contributed by atoms with Gasteiger partial charge in [0.25, 0.3) is 17.7 Å². The van der Waals surface area contributed by atoms with Crippen molar-refractivity contribution >= 4 is 29.1 Å². The predicted octanol–water partition coefficient (Wildman–Crippen LogP) is 5.62. The number of anilines is 2. The monoisotopic (exact) mass is 535 g/mol. The zero-order valence-corrected chi connectivity index (χ0v) is 22.7. The summed E-state index contributed by atoms with van der Waals surface area (Å²) in [5.74, 6) is -0.400. The van der Waals surface area contributed by atoms with Gasteiger partial charge >= 0.3 is 0 Å². The number of nitrogen functional groups attached to an aromatic ring is 1. The molecule has 0 saturated heterocycles. The molecule has 0 unspecified atom stereocenters. The highest BCUT2D eigenvalue weighted by molar-refractivity contribution is 6.25. The molecule has 1 aliphatic rings. The third-order valence-corrected chi connectivity index (χ3v) is 6.88. The first-order valence-corrected chi connectivity index (χ1v) is 12.7. The first-order valence-electron chi connectivity index (χ1n) is 12.7. The molecule has 0 fully saturated rings. The summed E-state index contributed by atoms with van der Waals surface area (Å²) in [6.45, 7) is 3.99. The SMILES string of the molecule is COc1cc2c(c(-c3cc(C)cc(C)c3)c1OC)C(=O)N(Cc1ccc(C(=O)Nc3ccccc3N)cc1)C2=O. The molecule has 1 heterocycles. The van der Waals surface area contributed by atoms with Crippen LogP contribution in [0.4, 0.5) is 11.4 Å². The molecule has 0 aromatic heterocycles. The lowest BCUT2D eigenvalue weighted by atomic mass is 9.92. The Hall–Kier alpha value is -5.11. The molecular weight excluding hydrogens is 506 g/mol. The Labute approximate surface area is 232 Å². The number of aryl methyl sites for hydroxylation is 2. The summed E-state index contributed by atoms with van der Waals surface area (Å²) in [5, 5.41) is 2.79. The van der Waals surface area contributed by atoms with Gasteiger partial charge in [-0.15, -0.1) is 0 Å². The summed E-state index contributed by atoms with van der Waals surface area (Å²) in [6.07, 6.45) is 0. The maximum atomic E-state index is 13.8. The van der Waals surface area contributed by atoms with Crippen molar-refractivity contribution in [3.8, 4) is 22.6 Å². The van der Waals surface area contributed by atoms with Gasteiger partial charge in [0.1, 0.15) is 0 Å². The van der Waals surface area contributed by atoms with Crippen molar-refractivity contribution in [3.63, 3.8) is 0 Å². The first kappa shape index (κ1) is 26.5. The number of hydrogen-bond donors (Lipinski definition) is 2. The summed E-state index contributed by atoms with van der Waals surface area (Å²) in [6, 6.07) is 21.2. The van der Waals surface area contributed by atoms with E-state index in [9.17, 15) is 14.4 Å². The highest BCUT2D eigenvalue weighted by Crippen LogP contribution is 2.46. The number of benzene rings is 4. The van der Waals surface area contributed by atoms with Gasteiger partial charge in [-0.2, -0.15) is 0 Å². The standard InChI is InChI=1S/C32H29N3O5/c1-18-13-19(2)15-22(14-18)27-28-23(16-26(39-3)29(27)40-4)31(37)35(32(28)38)17-20-9-11-21(12-10-20)30(36)34-25-8-6-5-7-24(25)33/h5-16H,17,33H2,1-4H3,(H,34,36). The summed E-state index contributed by atoms with van der Waals surface area (Å²) < 4.78 is 11.3. The number of rotatable bonds is 7. The zero-order valence-electron chi connectivity index (χ0n) is 22.7. The van der Waals surface area contributed by atoms with Crippen molar-refractivity contribution in [1.29, 1.82) is 0 Å². The Morgan fingerprint density at radius 2 is 1.52 bits per heavy atom. The van der Waals surface area contributed by atoms with Crippen molar-refractivity contribution in [1.82, 2.24) is 4.90 Å². The van der Waals surface area contributed by atoms with Crippen molar-refractivity contribution in [2.75, 3.05) is 25.3 Å². The Morgan fingerprint density at radius 3 is 2.15 bits per heavy atom. The van der Waals surface area contributed by atoms with Crippen LogP contribution in [0.25, 0.3) is 11.1 Å². The van der Waals surface area contributed by atoms with E-state index in [0.717, 1.165) is 16.7 Å². The summed E-state index contributed by atoms with van der Waals surface area (Å²) in [5.41, 5.74) is 11.9. The minimum Gasteiger partial charge on any atom is -0.493 e. The van der Waals surface area contributed by atoms with Gasteiger partial charge in [-0.3, -0.25) is 19.3 Å². The van der Waals surface area contributed by atoms with Crippen molar-refractivity contribution < 1.29 is 23.9 Å². The minimum atomic E-state index is -0.423. The third-order valence-electron chi connectivity index (χ3n) is 6.88. The van der Waals surface area contributed by atoms with Crippen LogP contribution in [0.2, 0.25) is 0 Å². The second-order valence-corrected chi connectivity index (χ2v) is 9.72. The number of fused-ring (bicyclic) bond motifs is 1. The molecule has 4 aromatic carbocycles. The number of carbonyl (C=O) groups is 3. The van der Waals surface area contributed by atoms with E-state index in [0.29, 0.717) is 39.6 Å². The van der Waals surface area contributed by atoms with E-state index in [1.807, 2.05) is 32.0 Å². The average molecular weight is 536 g/mol. The molecule has 3 N–H and O–H groups in total. The fourth-order valence-electron chi connectivity index (χ4n) is 5.05. The van der Waals surface area contributed by atoms with E-state index in [4.69, 9.17) is 15.2 Å². The van der Waals surface area contributed by atoms with Gasteiger partial charge in [0.2, 0.25) is 0 Å². The molecule has 1 aliphatic heterocycles. The van der Waals surface area contributed by atoms with Crippen LogP contribution in [-0.4, -0.2) is 36.8 Å². The maximum Gasteiger partial charge on any atom is 0.262 e. The Balaban J connectivity index is 1.46. The zero-order chi connectivity index (χ0) is 28.6. The van der Waals surface area contributed by atoms with Crippen LogP contribution in [0.3, 0.4) is 0 Å². The fraction of sp³-hybridized carbons (Fsp3) is 0.156. The number of amides is 3. The Kier molecular flexibility index (Phi) is 7.00. The minimum absolute atomic E-state index is 0.0385. The largest absolute Gasteiger partial charge is 0.493 e. The van der Waals surface area contributed by atoms with Crippen LogP contribution < -0.4 is 20.5 Å². The summed E-state index contributed by atoms with van der Waals surface area (Å²) >= 11 is 0. The molecule has 0 atom stereocenters. The lowest BCUT2D eigenvalue weighted by molar-refractivity contribution is 0.0642. The van der Waals surface area contributed by atoms with Gasteiger partial charge in [0.15, 0.2) is 11.5 Å². The number of imide groups is 1. The van der Waals surface area contributed by atoms with E-state index >= 15 is 0 Å². The lowest BCUT2D eigenvalue weighted by Gasteiger charge is -2.17. The number of nitrogens with zero attached hydrogens (tertiary/aromatic N) is 1. The molecular formula is C32H29N3O5. The molecule has 0 radical (unpaired) electrons. The number of nitrogens with two attached hydrogens (primary N) is 1. The molecule has 0 bridgehead atoms. The van der Waals surface area contributed by atoms with Gasteiger partial charge in [0, 0.05) is 11.1 Å². The third kappa shape index (κ3) is 4.75. The first-order chi connectivity index (χ1) is 19.2. The van der Waals surface area contributed by atoms with Gasteiger partial charge in [-0.25, -0.2) is 0 Å². The molecule has 4 aromatic rings. The molecule has 0 spiro atoms. The van der Waals surface area contributed by atoms with Crippen LogP contribution in [0.5, 0.6) is 11.5 Å². The van der Waals surface area contributed by atoms with Gasteiger partial charge in [-0.1, -0.05) is 53.6 Å². The molecule has 0 aliphatic carbocycles. The molecule has 8 heteroatoms. The van der Waals surface area contributed by atoms with Crippen LogP contribution in [0.15, 0.2) is 72.8 Å². The molecule has 5 rings (SSSR count). The number of carbonyl (C=O) groups excluding carboxylic acids is 3. The molecule has 8 nitrogen and oxygen atoms in total. The Bertz CT molecular complexity index is 1640. The van der Waals surface area contributed by atoms with Gasteiger partial charge in [-0.05, 0) is 55.3 Å². The maximum absolute atomic E-state index is 13.8. The second kappa shape index (κ2) is 10.6. The lowest BCUT2D eigenvalue weighted by Crippen LogP contribution is -2.29. The second-order valence-electron chi connectivity index (χ2n) is 9.72. The van der Waals surface area contributed by atoms with Crippen molar-refractivity contribution in [3.05, 3.63) is 106 Å². The van der Waals surface area contributed by atoms with Crippen molar-refractivity contribution in [2.45, 2.75) is 20.4 Å². The quantitative estimate of drug-likeness (QED) is 0.235. The van der Waals surface area contributed by atoms with Crippen LogP contribution in [0.1, 0.15) is 47.8 Å².